The quantitative estimate of drug-likeness (QED) is 0.843. The number of benzene rings is 1. The molecule has 1 aromatic rings. The van der Waals surface area contributed by atoms with Crippen LogP contribution in [0.2, 0.25) is 0 Å². The second kappa shape index (κ2) is 6.59. The van der Waals surface area contributed by atoms with Crippen molar-refractivity contribution in [3.8, 4) is 0 Å². The van der Waals surface area contributed by atoms with Crippen molar-refractivity contribution < 1.29 is 4.74 Å². The maximum Gasteiger partial charge on any atom is 0.0733 e. The summed E-state index contributed by atoms with van der Waals surface area (Å²) >= 11 is 0. The first kappa shape index (κ1) is 13.9. The first-order valence-electron chi connectivity index (χ1n) is 7.94. The zero-order valence-electron chi connectivity index (χ0n) is 12.6. The molecule has 0 amide bonds. The minimum atomic E-state index is 0.709. The van der Waals surface area contributed by atoms with Crippen LogP contribution in [0.15, 0.2) is 24.3 Å². The summed E-state index contributed by atoms with van der Waals surface area (Å²) in [5, 5.41) is 0. The maximum absolute atomic E-state index is 5.36. The molecule has 2 aliphatic rings. The molecule has 1 unspecified atom stereocenters. The van der Waals surface area contributed by atoms with Gasteiger partial charge < -0.3 is 9.64 Å². The molecule has 3 heteroatoms. The molecule has 0 aromatic heterocycles. The molecule has 0 radical (unpaired) electrons. The van der Waals surface area contributed by atoms with Crippen LogP contribution in [0, 0.1) is 0 Å². The van der Waals surface area contributed by atoms with Crippen LogP contribution in [-0.4, -0.2) is 44.2 Å². The first-order chi connectivity index (χ1) is 9.88. The minimum Gasteiger partial charge on any atom is -0.380 e. The van der Waals surface area contributed by atoms with E-state index >= 15 is 0 Å². The normalized spacial score (nSPS) is 24.2. The second-order valence-electron chi connectivity index (χ2n) is 6.05. The Hall–Kier alpha value is -1.06. The molecule has 1 aromatic carbocycles. The van der Waals surface area contributed by atoms with Crippen molar-refractivity contribution in [1.29, 1.82) is 0 Å². The molecule has 3 rings (SSSR count). The lowest BCUT2D eigenvalue weighted by atomic mass is 10.0. The number of ether oxygens (including phenoxy) is 1. The highest BCUT2D eigenvalue weighted by Crippen LogP contribution is 2.27. The van der Waals surface area contributed by atoms with E-state index in [2.05, 4.69) is 34.1 Å². The Bertz CT molecular complexity index is 435. The Morgan fingerprint density at radius 1 is 1.10 bits per heavy atom. The zero-order valence-corrected chi connectivity index (χ0v) is 12.6. The van der Waals surface area contributed by atoms with E-state index in [1.54, 1.807) is 7.11 Å². The Kier molecular flexibility index (Phi) is 4.58. The van der Waals surface area contributed by atoms with E-state index in [0.717, 1.165) is 6.04 Å². The molecule has 0 bridgehead atoms. The van der Waals surface area contributed by atoms with Crippen molar-refractivity contribution in [1.82, 2.24) is 4.90 Å². The lowest BCUT2D eigenvalue weighted by molar-refractivity contribution is 0.162. The van der Waals surface area contributed by atoms with E-state index in [1.165, 1.54) is 63.1 Å². The third-order valence-electron chi connectivity index (χ3n) is 4.69. The molecule has 2 fully saturated rings. The molecular formula is C17H26N2O. The van der Waals surface area contributed by atoms with Gasteiger partial charge in [0, 0.05) is 44.0 Å². The van der Waals surface area contributed by atoms with Crippen LogP contribution in [0.5, 0.6) is 0 Å². The van der Waals surface area contributed by atoms with E-state index in [4.69, 9.17) is 4.74 Å². The van der Waals surface area contributed by atoms with Crippen LogP contribution < -0.4 is 4.90 Å². The van der Waals surface area contributed by atoms with Crippen molar-refractivity contribution in [2.24, 2.45) is 0 Å². The molecule has 3 nitrogen and oxygen atoms in total. The number of rotatable bonds is 3. The fourth-order valence-electron chi connectivity index (χ4n) is 3.69. The first-order valence-corrected chi connectivity index (χ1v) is 7.94. The minimum absolute atomic E-state index is 0.709. The summed E-state index contributed by atoms with van der Waals surface area (Å²) in [4.78, 5) is 5.30. The Labute approximate surface area is 122 Å². The van der Waals surface area contributed by atoms with Crippen LogP contribution in [0.25, 0.3) is 0 Å². The van der Waals surface area contributed by atoms with Crippen molar-refractivity contribution in [2.75, 3.05) is 38.2 Å². The molecule has 0 spiro atoms. The molecule has 0 N–H and O–H groups in total. The highest BCUT2D eigenvalue weighted by Gasteiger charge is 2.27. The predicted octanol–water partition coefficient (Wildman–Crippen LogP) is 2.90. The van der Waals surface area contributed by atoms with Gasteiger partial charge in [0.1, 0.15) is 0 Å². The summed E-state index contributed by atoms with van der Waals surface area (Å²) in [6.45, 7) is 5.64. The van der Waals surface area contributed by atoms with Gasteiger partial charge in [-0.3, -0.25) is 4.90 Å². The van der Waals surface area contributed by atoms with Gasteiger partial charge in [0.05, 0.1) is 6.61 Å². The smallest absolute Gasteiger partial charge is 0.0733 e. The number of para-hydroxylation sites is 1. The van der Waals surface area contributed by atoms with Gasteiger partial charge in [0.25, 0.3) is 0 Å². The van der Waals surface area contributed by atoms with E-state index in [9.17, 15) is 0 Å². The van der Waals surface area contributed by atoms with Gasteiger partial charge in [0.15, 0.2) is 0 Å². The Morgan fingerprint density at radius 2 is 1.95 bits per heavy atom. The third kappa shape index (κ3) is 2.99. The standard InChI is InChI=1S/C17H26N2O/c1-20-14-15-7-2-3-9-17(15)19-12-6-11-18-10-5-4-8-16(18)13-19/h2-3,7,9,16H,4-6,8,10-14H2,1H3. The van der Waals surface area contributed by atoms with Crippen LogP contribution >= 0.6 is 0 Å². The van der Waals surface area contributed by atoms with E-state index in [1.807, 2.05) is 0 Å². The Morgan fingerprint density at radius 3 is 2.85 bits per heavy atom. The van der Waals surface area contributed by atoms with Crippen LogP contribution in [-0.2, 0) is 11.3 Å². The van der Waals surface area contributed by atoms with Crippen LogP contribution in [0.4, 0.5) is 5.69 Å². The molecule has 0 saturated carbocycles. The lowest BCUT2D eigenvalue weighted by Gasteiger charge is -2.36. The Balaban J connectivity index is 1.79. The number of nitrogens with zero attached hydrogens (tertiary/aromatic N) is 2. The van der Waals surface area contributed by atoms with Gasteiger partial charge in [-0.1, -0.05) is 24.6 Å². The monoisotopic (exact) mass is 274 g/mol. The van der Waals surface area contributed by atoms with Gasteiger partial charge in [-0.2, -0.15) is 0 Å². The largest absolute Gasteiger partial charge is 0.380 e. The molecular weight excluding hydrogens is 248 g/mol. The molecule has 1 atom stereocenters. The van der Waals surface area contributed by atoms with Crippen molar-refractivity contribution in [3.63, 3.8) is 0 Å². The van der Waals surface area contributed by atoms with Crippen molar-refractivity contribution in [2.45, 2.75) is 38.3 Å². The highest BCUT2D eigenvalue weighted by atomic mass is 16.5. The van der Waals surface area contributed by atoms with Crippen molar-refractivity contribution >= 4 is 5.69 Å². The van der Waals surface area contributed by atoms with Crippen LogP contribution in [0.1, 0.15) is 31.2 Å². The van der Waals surface area contributed by atoms with E-state index < -0.39 is 0 Å². The fourth-order valence-corrected chi connectivity index (χ4v) is 3.69. The van der Waals surface area contributed by atoms with Gasteiger partial charge in [-0.15, -0.1) is 0 Å². The summed E-state index contributed by atoms with van der Waals surface area (Å²) in [5.41, 5.74) is 2.70. The van der Waals surface area contributed by atoms with Gasteiger partial charge in [0.2, 0.25) is 0 Å². The third-order valence-corrected chi connectivity index (χ3v) is 4.69. The average molecular weight is 274 g/mol. The summed E-state index contributed by atoms with van der Waals surface area (Å²) in [6.07, 6.45) is 5.42. The topological polar surface area (TPSA) is 15.7 Å². The summed E-state index contributed by atoms with van der Waals surface area (Å²) < 4.78 is 5.36. The molecule has 20 heavy (non-hydrogen) atoms. The number of anilines is 1. The molecule has 0 aliphatic carbocycles. The van der Waals surface area contributed by atoms with Gasteiger partial charge >= 0.3 is 0 Å². The number of hydrogen-bond donors (Lipinski definition) is 0. The number of piperidine rings is 1. The highest BCUT2D eigenvalue weighted by molar-refractivity contribution is 5.53. The SMILES string of the molecule is COCc1ccccc1N1CCCN2CCCCC2C1. The number of fused-ring (bicyclic) bond motifs is 1. The maximum atomic E-state index is 5.36. The summed E-state index contributed by atoms with van der Waals surface area (Å²) in [6, 6.07) is 9.47. The van der Waals surface area contributed by atoms with E-state index in [0.29, 0.717) is 6.61 Å². The van der Waals surface area contributed by atoms with Gasteiger partial charge in [-0.05, 0) is 31.9 Å². The molecule has 2 heterocycles. The van der Waals surface area contributed by atoms with Crippen molar-refractivity contribution in [3.05, 3.63) is 29.8 Å². The molecule has 110 valence electrons. The predicted molar refractivity (Wildman–Crippen MR) is 83.2 cm³/mol. The fraction of sp³-hybridized carbons (Fsp3) is 0.647. The average Bonchev–Trinajstić information content (AvgIpc) is 2.70. The van der Waals surface area contributed by atoms with Crippen LogP contribution in [0.3, 0.4) is 0 Å². The summed E-state index contributed by atoms with van der Waals surface area (Å²) in [7, 11) is 1.78. The number of hydrogen-bond acceptors (Lipinski definition) is 3. The number of methoxy groups -OCH3 is 1. The zero-order chi connectivity index (χ0) is 13.8. The van der Waals surface area contributed by atoms with E-state index in [-0.39, 0.29) is 0 Å². The second-order valence-corrected chi connectivity index (χ2v) is 6.05. The molecule has 2 aliphatic heterocycles. The summed E-state index contributed by atoms with van der Waals surface area (Å²) in [5.74, 6) is 0. The molecule has 2 saturated heterocycles. The lowest BCUT2D eigenvalue weighted by Crippen LogP contribution is -2.44. The van der Waals surface area contributed by atoms with Gasteiger partial charge in [-0.25, -0.2) is 0 Å².